The second kappa shape index (κ2) is 6.43. The van der Waals surface area contributed by atoms with E-state index in [1.807, 2.05) is 0 Å². The summed E-state index contributed by atoms with van der Waals surface area (Å²) in [4.78, 5) is 12.6. The molecule has 0 saturated heterocycles. The van der Waals surface area contributed by atoms with E-state index in [1.54, 1.807) is 0 Å². The van der Waals surface area contributed by atoms with Gasteiger partial charge in [0.1, 0.15) is 0 Å². The minimum Gasteiger partial charge on any atom is -0.469 e. The van der Waals surface area contributed by atoms with Gasteiger partial charge in [-0.25, -0.2) is 0 Å². The second-order valence-electron chi connectivity index (χ2n) is 7.26. The summed E-state index contributed by atoms with van der Waals surface area (Å²) in [6.45, 7) is 0. The van der Waals surface area contributed by atoms with Crippen molar-refractivity contribution < 1.29 is 9.53 Å². The molecule has 2 heteroatoms. The number of ether oxygens (including phenoxy) is 1. The molecule has 0 heterocycles. The molecule has 2 saturated carbocycles. The fourth-order valence-corrected chi connectivity index (χ4v) is 5.26. The summed E-state index contributed by atoms with van der Waals surface area (Å²) in [5, 5.41) is 0. The molecule has 2 nitrogen and oxygen atoms in total. The van der Waals surface area contributed by atoms with E-state index in [-0.39, 0.29) is 17.8 Å². The van der Waals surface area contributed by atoms with Gasteiger partial charge < -0.3 is 4.74 Å². The molecule has 0 unspecified atom stereocenters. The maximum Gasteiger partial charge on any atom is 0.309 e. The Balaban J connectivity index is 1.80. The van der Waals surface area contributed by atoms with Gasteiger partial charge in [0.2, 0.25) is 0 Å². The smallest absolute Gasteiger partial charge is 0.309 e. The fraction of sp³-hybridized carbons (Fsp3) is 0.409. The molecular weight excluding hydrogens is 296 g/mol. The molecule has 2 fully saturated rings. The average Bonchev–Trinajstić information content (AvgIpc) is 3.25. The van der Waals surface area contributed by atoms with Crippen LogP contribution in [0.25, 0.3) is 0 Å². The number of hydrogen-bond acceptors (Lipinski definition) is 2. The molecule has 2 aliphatic rings. The van der Waals surface area contributed by atoms with Crippen LogP contribution in [0, 0.1) is 23.7 Å². The number of carbonyl (C=O) groups is 1. The van der Waals surface area contributed by atoms with Crippen LogP contribution in [-0.4, -0.2) is 13.1 Å². The van der Waals surface area contributed by atoms with Gasteiger partial charge >= 0.3 is 5.97 Å². The lowest BCUT2D eigenvalue weighted by Gasteiger charge is -2.36. The molecule has 4 rings (SSSR count). The average molecular weight is 320 g/mol. The van der Waals surface area contributed by atoms with Crippen molar-refractivity contribution in [3.63, 3.8) is 0 Å². The van der Waals surface area contributed by atoms with Crippen LogP contribution in [0.1, 0.15) is 36.3 Å². The Morgan fingerprint density at radius 2 is 1.46 bits per heavy atom. The Bertz CT molecular complexity index is 655. The van der Waals surface area contributed by atoms with Gasteiger partial charge in [-0.2, -0.15) is 0 Å². The van der Waals surface area contributed by atoms with Crippen molar-refractivity contribution >= 4 is 5.97 Å². The van der Waals surface area contributed by atoms with Gasteiger partial charge in [0, 0.05) is 5.92 Å². The molecule has 0 N–H and O–H groups in total. The zero-order valence-electron chi connectivity index (χ0n) is 14.1. The van der Waals surface area contributed by atoms with E-state index in [1.165, 1.54) is 37.5 Å². The van der Waals surface area contributed by atoms with E-state index in [2.05, 4.69) is 60.7 Å². The first-order valence-electron chi connectivity index (χ1n) is 8.97. The Morgan fingerprint density at radius 1 is 0.917 bits per heavy atom. The third-order valence-corrected chi connectivity index (χ3v) is 6.16. The van der Waals surface area contributed by atoms with Gasteiger partial charge in [0.05, 0.1) is 13.0 Å². The minimum atomic E-state index is -0.0101. The highest BCUT2D eigenvalue weighted by Crippen LogP contribution is 2.58. The monoisotopic (exact) mass is 320 g/mol. The highest BCUT2D eigenvalue weighted by Gasteiger charge is 2.54. The summed E-state index contributed by atoms with van der Waals surface area (Å²) in [7, 11) is 1.53. The van der Waals surface area contributed by atoms with Crippen LogP contribution in [0.4, 0.5) is 0 Å². The molecule has 124 valence electrons. The summed E-state index contributed by atoms with van der Waals surface area (Å²) in [6.07, 6.45) is 3.61. The van der Waals surface area contributed by atoms with Crippen LogP contribution in [0.15, 0.2) is 60.7 Å². The lowest BCUT2D eigenvalue weighted by atomic mass is 9.68. The van der Waals surface area contributed by atoms with Gasteiger partial charge in [-0.15, -0.1) is 0 Å². The minimum absolute atomic E-state index is 0.0101. The maximum absolute atomic E-state index is 12.6. The number of benzene rings is 2. The topological polar surface area (TPSA) is 26.3 Å². The summed E-state index contributed by atoms with van der Waals surface area (Å²) in [6, 6.07) is 21.4. The van der Waals surface area contributed by atoms with Gasteiger partial charge in [-0.1, -0.05) is 60.7 Å². The SMILES string of the molecule is COC(=O)[C@@H]1[C@@H]2CC[C@@H](C2)[C@@H]1C(c1ccccc1)c1ccccc1. The summed E-state index contributed by atoms with van der Waals surface area (Å²) >= 11 is 0. The standard InChI is InChI=1S/C22H24O2/c1-24-22(23)21-18-13-12-17(14-18)20(21)19(15-8-4-2-5-9-15)16-10-6-3-7-11-16/h2-11,17-21H,12-14H2,1H3/t17-,18+,20+,21+/m0/s1. The largest absolute Gasteiger partial charge is 0.469 e. The van der Waals surface area contributed by atoms with Gasteiger partial charge in [-0.05, 0) is 48.1 Å². The second-order valence-corrected chi connectivity index (χ2v) is 7.26. The third-order valence-electron chi connectivity index (χ3n) is 6.16. The van der Waals surface area contributed by atoms with E-state index in [4.69, 9.17) is 4.74 Å². The quantitative estimate of drug-likeness (QED) is 0.766. The van der Waals surface area contributed by atoms with Crippen molar-refractivity contribution in [3.8, 4) is 0 Å². The highest BCUT2D eigenvalue weighted by atomic mass is 16.5. The van der Waals surface area contributed by atoms with E-state index >= 15 is 0 Å². The van der Waals surface area contributed by atoms with Crippen LogP contribution in [0.2, 0.25) is 0 Å². The molecule has 2 aromatic carbocycles. The molecule has 2 aromatic rings. The summed E-state index contributed by atoms with van der Waals surface area (Å²) in [5.41, 5.74) is 2.63. The predicted octanol–water partition coefficient (Wildman–Crippen LogP) is 4.65. The van der Waals surface area contributed by atoms with Crippen molar-refractivity contribution in [3.05, 3.63) is 71.8 Å². The van der Waals surface area contributed by atoms with Crippen molar-refractivity contribution in [1.29, 1.82) is 0 Å². The lowest BCUT2D eigenvalue weighted by molar-refractivity contribution is -0.149. The number of hydrogen-bond donors (Lipinski definition) is 0. The van der Waals surface area contributed by atoms with E-state index in [9.17, 15) is 4.79 Å². The molecule has 2 aliphatic carbocycles. The van der Waals surface area contributed by atoms with Crippen LogP contribution in [0.3, 0.4) is 0 Å². The number of esters is 1. The molecule has 4 atom stereocenters. The molecule has 0 radical (unpaired) electrons. The summed E-state index contributed by atoms with van der Waals surface area (Å²) < 4.78 is 5.20. The fourth-order valence-electron chi connectivity index (χ4n) is 5.26. The van der Waals surface area contributed by atoms with Crippen LogP contribution < -0.4 is 0 Å². The normalized spacial score (nSPS) is 28.2. The maximum atomic E-state index is 12.6. The molecular formula is C22H24O2. The Hall–Kier alpha value is -2.09. The first-order chi connectivity index (χ1) is 11.8. The zero-order chi connectivity index (χ0) is 16.5. The van der Waals surface area contributed by atoms with Gasteiger partial charge in [-0.3, -0.25) is 4.79 Å². The number of carbonyl (C=O) groups excluding carboxylic acids is 1. The molecule has 0 aromatic heterocycles. The van der Waals surface area contributed by atoms with Gasteiger partial charge in [0.25, 0.3) is 0 Å². The Kier molecular flexibility index (Phi) is 4.13. The molecule has 0 amide bonds. The number of methoxy groups -OCH3 is 1. The van der Waals surface area contributed by atoms with Crippen LogP contribution in [0.5, 0.6) is 0 Å². The van der Waals surface area contributed by atoms with E-state index in [0.29, 0.717) is 17.8 Å². The predicted molar refractivity (Wildman–Crippen MR) is 94.6 cm³/mol. The van der Waals surface area contributed by atoms with E-state index in [0.717, 1.165) is 0 Å². The highest BCUT2D eigenvalue weighted by molar-refractivity contribution is 5.74. The first-order valence-corrected chi connectivity index (χ1v) is 8.97. The van der Waals surface area contributed by atoms with Crippen molar-refractivity contribution in [2.24, 2.45) is 23.7 Å². The molecule has 24 heavy (non-hydrogen) atoms. The Morgan fingerprint density at radius 3 is 2.00 bits per heavy atom. The molecule has 0 aliphatic heterocycles. The number of rotatable bonds is 4. The van der Waals surface area contributed by atoms with Crippen molar-refractivity contribution in [2.75, 3.05) is 7.11 Å². The Labute approximate surface area is 143 Å². The van der Waals surface area contributed by atoms with Crippen LogP contribution >= 0.6 is 0 Å². The third kappa shape index (κ3) is 2.54. The lowest BCUT2D eigenvalue weighted by Crippen LogP contribution is -2.34. The summed E-state index contributed by atoms with van der Waals surface area (Å²) in [5.74, 6) is 1.78. The first kappa shape index (κ1) is 15.4. The van der Waals surface area contributed by atoms with E-state index < -0.39 is 0 Å². The molecule has 2 bridgehead atoms. The van der Waals surface area contributed by atoms with Crippen molar-refractivity contribution in [2.45, 2.75) is 25.2 Å². The van der Waals surface area contributed by atoms with Gasteiger partial charge in [0.15, 0.2) is 0 Å². The zero-order valence-corrected chi connectivity index (χ0v) is 14.1. The van der Waals surface area contributed by atoms with Crippen molar-refractivity contribution in [1.82, 2.24) is 0 Å². The number of fused-ring (bicyclic) bond motifs is 2. The van der Waals surface area contributed by atoms with Crippen LogP contribution in [-0.2, 0) is 9.53 Å². The molecule has 0 spiro atoms.